The third kappa shape index (κ3) is 38.0. The number of nitro benzene ring substituents is 2. The number of thiophene rings is 6. The molecule has 0 amide bonds. The van der Waals surface area contributed by atoms with Gasteiger partial charge in [-0.1, -0.05) is 125 Å². The maximum Gasteiger partial charge on any atom is 1.00 e. The van der Waals surface area contributed by atoms with E-state index in [2.05, 4.69) is 115 Å². The van der Waals surface area contributed by atoms with E-state index in [0.717, 1.165) is 46.0 Å². The van der Waals surface area contributed by atoms with Crippen molar-refractivity contribution >= 4 is 270 Å². The summed E-state index contributed by atoms with van der Waals surface area (Å²) >= 11 is 55.1. The van der Waals surface area contributed by atoms with Gasteiger partial charge in [-0.05, 0) is 237 Å². The molecule has 135 heavy (non-hydrogen) atoms. The first-order valence-corrected chi connectivity index (χ1v) is 47.7. The zero-order valence-electron chi connectivity index (χ0n) is 74.2. The van der Waals surface area contributed by atoms with Gasteiger partial charge >= 0.3 is 59.1 Å². The van der Waals surface area contributed by atoms with Crippen molar-refractivity contribution in [3.8, 4) is 111 Å². The molecular formula is C76H59Cl8I3N24Na2O16S6. The van der Waals surface area contributed by atoms with Gasteiger partial charge in [0, 0.05) is 121 Å². The van der Waals surface area contributed by atoms with Crippen LogP contribution in [0.5, 0.6) is 0 Å². The molecule has 0 saturated heterocycles. The van der Waals surface area contributed by atoms with Gasteiger partial charge in [0.25, 0.3) is 52.0 Å². The number of nitrogen functional groups attached to an aromatic ring is 3. The van der Waals surface area contributed by atoms with Gasteiger partial charge in [-0.25, -0.2) is 0 Å². The number of hydrogen-bond donors (Lipinski definition) is 8. The zero-order chi connectivity index (χ0) is 103. The number of carbonyl (C=O) groups is 2. The molecule has 11 aromatic heterocycles. The van der Waals surface area contributed by atoms with E-state index >= 15 is 0 Å². The zero-order valence-corrected chi connectivity index (χ0v) is 89.6. The third-order valence-electron chi connectivity index (χ3n) is 14.6. The normalized spacial score (nSPS) is 10.4. The minimum atomic E-state index is -0.833. The number of carbonyl (C=O) groups excluding carboxylic acids is 1. The molecule has 0 spiro atoms. The molecular weight excluding hydrogens is 2410 g/mol. The van der Waals surface area contributed by atoms with Crippen LogP contribution >= 0.6 is 225 Å². The van der Waals surface area contributed by atoms with Crippen molar-refractivity contribution in [2.75, 3.05) is 23.8 Å². The summed E-state index contributed by atoms with van der Waals surface area (Å²) in [5.74, 6) is 2.89. The molecule has 0 aliphatic rings. The number of hydroxylamine groups is 1. The first kappa shape index (κ1) is 110. The molecule has 694 valence electrons. The summed E-state index contributed by atoms with van der Waals surface area (Å²) in [5, 5.41) is 89.8. The number of nitro groups is 2. The van der Waals surface area contributed by atoms with Crippen LogP contribution in [0.1, 0.15) is 45.1 Å². The SMILES string of the molecule is CC(=O)O.CCO.ClI.NC(NO)c1ccc([N+](=O)[O-])cc1.Nc1c(I)cc(-c2noc(-c3sccc3Cl)n2)cc1I.Nc1ccc(-c2noc(-c3sccc3Cl)n2)cc1.O=C(Cl)c1sccc1Cl.O=N[O-].O=[N+]([O-])c1ccc(-c2noc(-c3sccc3Cl)n2)cc1.[3H][3H].[3H]c1cc(-c2noc(-c3sccc3Cl)n2)cc([3H])c1N.[3H]c1cc(-c2noc(-c3sccc3Cl)n2)cc([3H])c1N=[N+]=[N-].[HH].[N-]=[N+]=[N-].[Na+].[Na+]. The number of halogens is 11. The first-order valence-electron chi connectivity index (χ1n) is 37.9. The molecule has 17 rings (SSSR count). The van der Waals surface area contributed by atoms with Gasteiger partial charge in [-0.3, -0.25) is 34.7 Å². The number of nitrogens with one attached hydrogen (secondary N) is 1. The first-order chi connectivity index (χ1) is 66.4. The van der Waals surface area contributed by atoms with E-state index in [1.807, 2.05) is 51.3 Å². The molecule has 12 N–H and O–H groups in total. The molecule has 0 aliphatic carbocycles. The second-order valence-electron chi connectivity index (χ2n) is 23.2. The topological polar surface area (TPSA) is 652 Å². The molecule has 0 aliphatic heterocycles. The number of carboxylic acids is 1. The summed E-state index contributed by atoms with van der Waals surface area (Å²) in [7, 11) is 4.61. The Balaban J connectivity index is 0.000000548. The van der Waals surface area contributed by atoms with Gasteiger partial charge in [0.15, 0.2) is 0 Å². The van der Waals surface area contributed by atoms with Crippen LogP contribution in [0.4, 0.5) is 34.1 Å². The average Bonchev–Trinajstić information content (AvgIpc) is 1.67. The van der Waals surface area contributed by atoms with Gasteiger partial charge in [-0.2, -0.15) is 30.4 Å². The molecule has 1 atom stereocenters. The van der Waals surface area contributed by atoms with Crippen LogP contribution in [0.15, 0.2) is 235 Å². The maximum atomic E-state index is 10.6. The number of aliphatic hydroxyl groups is 1. The third-order valence-corrected chi connectivity index (χ3v) is 24.7. The predicted octanol–water partition coefficient (Wildman–Crippen LogP) is 22.0. The number of aliphatic hydroxyl groups excluding tert-OH is 1. The summed E-state index contributed by atoms with van der Waals surface area (Å²) in [6.45, 7) is 3.01. The van der Waals surface area contributed by atoms with E-state index in [1.165, 1.54) is 134 Å². The largest absolute Gasteiger partial charge is 1.00 e. The Morgan fingerprint density at radius 2 is 0.807 bits per heavy atom. The summed E-state index contributed by atoms with van der Waals surface area (Å²) in [4.78, 5) is 76.8. The Morgan fingerprint density at radius 3 is 1.06 bits per heavy atom. The second-order valence-corrected chi connectivity index (χ2v) is 33.8. The molecule has 0 bridgehead atoms. The quantitative estimate of drug-likeness (QED) is 0.00381. The van der Waals surface area contributed by atoms with Crippen molar-refractivity contribution in [3.63, 3.8) is 0 Å². The Bertz CT molecular complexity index is 6760. The molecule has 0 fully saturated rings. The Kier molecular flexibility index (Phi) is 50.9. The molecule has 11 heterocycles. The van der Waals surface area contributed by atoms with E-state index in [1.54, 1.807) is 99.8 Å². The van der Waals surface area contributed by atoms with E-state index in [4.69, 9.17) is 182 Å². The number of rotatable bonds is 16. The van der Waals surface area contributed by atoms with Crippen molar-refractivity contribution in [3.05, 3.63) is 307 Å². The Morgan fingerprint density at radius 1 is 0.541 bits per heavy atom. The van der Waals surface area contributed by atoms with E-state index in [0.29, 0.717) is 124 Å². The number of aromatic nitrogens is 10. The van der Waals surface area contributed by atoms with Crippen LogP contribution in [0.25, 0.3) is 137 Å². The molecule has 0 saturated carbocycles. The summed E-state index contributed by atoms with van der Waals surface area (Å²) in [6, 6.07) is 38.9. The van der Waals surface area contributed by atoms with Gasteiger partial charge in [0.05, 0.1) is 51.2 Å². The van der Waals surface area contributed by atoms with Crippen LogP contribution in [0.2, 0.25) is 30.1 Å². The van der Waals surface area contributed by atoms with Gasteiger partial charge in [0.1, 0.15) is 35.4 Å². The predicted molar refractivity (Wildman–Crippen MR) is 548 cm³/mol. The summed E-state index contributed by atoms with van der Waals surface area (Å²) in [5.41, 5.74) is 51.7. The van der Waals surface area contributed by atoms with E-state index in [-0.39, 0.29) is 126 Å². The van der Waals surface area contributed by atoms with Gasteiger partial charge in [0.2, 0.25) is 29.1 Å². The number of anilines is 3. The fourth-order valence-electron chi connectivity index (χ4n) is 8.92. The second kappa shape index (κ2) is 62.7. The molecule has 59 heteroatoms. The van der Waals surface area contributed by atoms with Crippen LogP contribution in [0.3, 0.4) is 0 Å². The van der Waals surface area contributed by atoms with E-state index in [9.17, 15) is 25.0 Å². The average molecular weight is 2480 g/mol. The summed E-state index contributed by atoms with van der Waals surface area (Å²) < 4.78 is 68.8. The number of benzene rings is 6. The number of nitrogens with two attached hydrogens (primary N) is 4. The monoisotopic (exact) mass is 2470 g/mol. The van der Waals surface area contributed by atoms with Crippen molar-refractivity contribution in [2.24, 2.45) is 16.2 Å². The molecule has 0 radical (unpaired) electrons. The number of carboxylic acid groups (broad SMARTS) is 1. The fourth-order valence-corrected chi connectivity index (χ4v) is 17.2. The molecule has 1 unspecified atom stereocenters. The number of aliphatic carboxylic acids is 1. The molecule has 6 aromatic carbocycles. The number of azide groups is 1. The standard InChI is InChI=1S/C12H6ClI2N3OS.C12H6ClN5OS.C12H6ClN3O3S.2C12H8ClN3OS.C7H9N3O3.C5H2Cl2OS.C2H4O2.C2H6O.ClI.N3.HNO2.2Na.2H2/c13-6-1-2-20-10(6)12-17-11(18-19-12)5-3-7(14)9(16)8(15)4-5;13-9-5-6-20-10(9)12-15-11(17-19-12)7-1-3-8(4-2-7)16-18-14;13-9-5-6-20-10(9)12-14-11(15-19-12)7-1-3-8(4-2-7)16(17)18;2*13-9-5-6-18-10(9)12-15-11(16-17-12)7-1-3-8(14)4-2-7;8-7(9-11)5-1-3-6(4-2-5)10(12)13;6-3-1-2-9-4(3)5(7)8;1-2(3)4;1-2-3;1-2;1-3-2;2-1-3;;;;/h1-4H,16H2;2*1-6H;2*1-6H,14H2;1-4,7,9,11H,8H2;1-2H;1H3,(H,3,4);3H,2H2,1H3;;;(H,2,3);;;2*1H/q;;;;;;;;;;-1;;2*+1;;/p-1/i;3T,4T;;3T,4T;;;;;;;;;;;1+2T;. The minimum Gasteiger partial charge on any atom is -0.481 e. The van der Waals surface area contributed by atoms with Crippen molar-refractivity contribution in [1.29, 1.82) is 0 Å². The fraction of sp³-hybridized carbons (Fsp3) is 0.0526. The minimum absolute atomic E-state index is 0. The van der Waals surface area contributed by atoms with Crippen molar-refractivity contribution < 1.29 is 126 Å². The molecule has 17 aromatic rings. The van der Waals surface area contributed by atoms with Crippen LogP contribution in [-0.4, -0.2) is 93.8 Å². The summed E-state index contributed by atoms with van der Waals surface area (Å²) in [6.07, 6.45) is -0.721. The van der Waals surface area contributed by atoms with Crippen LogP contribution < -0.4 is 87.5 Å². The van der Waals surface area contributed by atoms with Gasteiger partial charge < -0.3 is 82.1 Å². The molecule has 40 nitrogen and oxygen atoms in total. The Hall–Kier alpha value is -9.07. The van der Waals surface area contributed by atoms with Crippen LogP contribution in [-0.2, 0) is 4.79 Å². The smallest absolute Gasteiger partial charge is 0.481 e. The van der Waals surface area contributed by atoms with Gasteiger partial charge in [-0.15, -0.1) is 73.4 Å². The number of nitrogens with zero attached hydrogens (tertiary/aromatic N) is 19. The van der Waals surface area contributed by atoms with E-state index < -0.39 is 27.2 Å². The van der Waals surface area contributed by atoms with Crippen LogP contribution in [0, 0.1) is 37.5 Å². The number of hydrogen-bond acceptors (Lipinski definition) is 38. The maximum absolute atomic E-state index is 10.6. The Labute approximate surface area is 919 Å². The van der Waals surface area contributed by atoms with Crippen molar-refractivity contribution in [1.82, 2.24) is 56.2 Å². The van der Waals surface area contributed by atoms with Crippen molar-refractivity contribution in [2.45, 2.75) is 20.0 Å². The number of non-ortho nitro benzene ring substituents is 2.